The molecule has 0 atom stereocenters. The lowest BCUT2D eigenvalue weighted by Crippen LogP contribution is -2.11. The molecule has 0 fully saturated rings. The van der Waals surface area contributed by atoms with Crippen LogP contribution in [0.1, 0.15) is 38.1 Å². The Morgan fingerprint density at radius 2 is 2.14 bits per heavy atom. The molecule has 0 saturated carbocycles. The van der Waals surface area contributed by atoms with Crippen molar-refractivity contribution in [3.63, 3.8) is 0 Å². The second kappa shape index (κ2) is 7.61. The summed E-state index contributed by atoms with van der Waals surface area (Å²) in [6.45, 7) is 8.63. The number of benzene rings is 1. The zero-order valence-corrected chi connectivity index (χ0v) is 14.4. The average molecular weight is 352 g/mol. The topological polar surface area (TPSA) is 39.1 Å². The number of aromatic nitrogens is 2. The molecular formula is C16H22BrN3O. The van der Waals surface area contributed by atoms with E-state index in [0.717, 1.165) is 29.0 Å². The molecule has 2 rings (SSSR count). The zero-order chi connectivity index (χ0) is 15.2. The van der Waals surface area contributed by atoms with Gasteiger partial charge in [-0.1, -0.05) is 13.0 Å². The van der Waals surface area contributed by atoms with E-state index in [9.17, 15) is 0 Å². The fourth-order valence-corrected chi connectivity index (χ4v) is 2.48. The fourth-order valence-electron chi connectivity index (χ4n) is 1.93. The summed E-state index contributed by atoms with van der Waals surface area (Å²) in [5.74, 6) is 0.842. The Morgan fingerprint density at radius 3 is 2.76 bits per heavy atom. The smallest absolute Gasteiger partial charge is 0.134 e. The summed E-state index contributed by atoms with van der Waals surface area (Å²) in [5, 5.41) is 7.79. The van der Waals surface area contributed by atoms with E-state index in [1.54, 1.807) is 0 Å². The molecule has 0 aliphatic carbocycles. The third-order valence-electron chi connectivity index (χ3n) is 3.14. The van der Waals surface area contributed by atoms with Crippen LogP contribution in [0.25, 0.3) is 0 Å². The number of nitrogens with zero attached hydrogens (tertiary/aromatic N) is 2. The number of ether oxygens (including phenoxy) is 1. The standard InChI is InChI=1S/C16H22BrN3O/c1-4-18-10-13-5-6-16(15(17)9-13)21-11-14-7-8-20(19-14)12(2)3/h5-9,12,18H,4,10-11H2,1-3H3. The highest BCUT2D eigenvalue weighted by Gasteiger charge is 2.06. The van der Waals surface area contributed by atoms with Crippen molar-refractivity contribution in [3.8, 4) is 5.75 Å². The van der Waals surface area contributed by atoms with Crippen LogP contribution >= 0.6 is 15.9 Å². The molecule has 5 heteroatoms. The van der Waals surface area contributed by atoms with Gasteiger partial charge >= 0.3 is 0 Å². The van der Waals surface area contributed by atoms with E-state index in [0.29, 0.717) is 12.6 Å². The first-order chi connectivity index (χ1) is 10.1. The van der Waals surface area contributed by atoms with Crippen molar-refractivity contribution in [2.24, 2.45) is 0 Å². The van der Waals surface area contributed by atoms with Gasteiger partial charge in [0, 0.05) is 18.8 Å². The Morgan fingerprint density at radius 1 is 1.33 bits per heavy atom. The summed E-state index contributed by atoms with van der Waals surface area (Å²) >= 11 is 3.56. The predicted octanol–water partition coefficient (Wildman–Crippen LogP) is 3.92. The Balaban J connectivity index is 1.96. The Hall–Kier alpha value is -1.33. The Bertz CT molecular complexity index is 581. The van der Waals surface area contributed by atoms with Gasteiger partial charge < -0.3 is 10.1 Å². The highest BCUT2D eigenvalue weighted by atomic mass is 79.9. The molecule has 1 N–H and O–H groups in total. The van der Waals surface area contributed by atoms with Crippen LogP contribution in [0.4, 0.5) is 0 Å². The normalized spacial score (nSPS) is 11.1. The minimum atomic E-state index is 0.371. The maximum Gasteiger partial charge on any atom is 0.134 e. The molecule has 0 aliphatic heterocycles. The maximum absolute atomic E-state index is 5.83. The quantitative estimate of drug-likeness (QED) is 0.821. The van der Waals surface area contributed by atoms with Gasteiger partial charge in [0.2, 0.25) is 0 Å². The van der Waals surface area contributed by atoms with Crippen molar-refractivity contribution in [1.82, 2.24) is 15.1 Å². The van der Waals surface area contributed by atoms with E-state index in [1.807, 2.05) is 23.0 Å². The van der Waals surface area contributed by atoms with Crippen molar-refractivity contribution in [2.75, 3.05) is 6.54 Å². The zero-order valence-electron chi connectivity index (χ0n) is 12.8. The molecule has 2 aromatic rings. The molecule has 0 saturated heterocycles. The second-order valence-corrected chi connectivity index (χ2v) is 6.07. The molecule has 0 radical (unpaired) electrons. The molecular weight excluding hydrogens is 330 g/mol. The van der Waals surface area contributed by atoms with Crippen LogP contribution in [0, 0.1) is 0 Å². The largest absolute Gasteiger partial charge is 0.486 e. The van der Waals surface area contributed by atoms with Crippen LogP contribution in [-0.2, 0) is 13.2 Å². The second-order valence-electron chi connectivity index (χ2n) is 5.21. The molecule has 114 valence electrons. The minimum absolute atomic E-state index is 0.371. The molecule has 1 aromatic heterocycles. The van der Waals surface area contributed by atoms with E-state index >= 15 is 0 Å². The highest BCUT2D eigenvalue weighted by molar-refractivity contribution is 9.10. The maximum atomic E-state index is 5.83. The SMILES string of the molecule is CCNCc1ccc(OCc2ccn(C(C)C)n2)c(Br)c1. The lowest BCUT2D eigenvalue weighted by atomic mass is 10.2. The monoisotopic (exact) mass is 351 g/mol. The van der Waals surface area contributed by atoms with E-state index in [4.69, 9.17) is 4.74 Å². The Labute approximate surface area is 134 Å². The molecule has 1 aromatic carbocycles. The van der Waals surface area contributed by atoms with Crippen LogP contribution < -0.4 is 10.1 Å². The van der Waals surface area contributed by atoms with Crippen molar-refractivity contribution in [3.05, 3.63) is 46.2 Å². The van der Waals surface area contributed by atoms with E-state index < -0.39 is 0 Å². The first kappa shape index (κ1) is 16.0. The number of nitrogens with one attached hydrogen (secondary N) is 1. The van der Waals surface area contributed by atoms with Crippen molar-refractivity contribution >= 4 is 15.9 Å². The van der Waals surface area contributed by atoms with Gasteiger partial charge in [-0.3, -0.25) is 4.68 Å². The van der Waals surface area contributed by atoms with Crippen LogP contribution in [-0.4, -0.2) is 16.3 Å². The van der Waals surface area contributed by atoms with Gasteiger partial charge in [-0.2, -0.15) is 5.10 Å². The first-order valence-corrected chi connectivity index (χ1v) is 8.05. The van der Waals surface area contributed by atoms with Crippen molar-refractivity contribution in [2.45, 2.75) is 40.0 Å². The van der Waals surface area contributed by atoms with Gasteiger partial charge in [-0.05, 0) is 60.1 Å². The predicted molar refractivity (Wildman–Crippen MR) is 88.5 cm³/mol. The summed E-state index contributed by atoms with van der Waals surface area (Å²) in [6.07, 6.45) is 1.98. The van der Waals surface area contributed by atoms with E-state index in [-0.39, 0.29) is 0 Å². The summed E-state index contributed by atoms with van der Waals surface area (Å²) in [4.78, 5) is 0. The lowest BCUT2D eigenvalue weighted by molar-refractivity contribution is 0.296. The third kappa shape index (κ3) is 4.58. The van der Waals surface area contributed by atoms with E-state index in [2.05, 4.69) is 59.2 Å². The molecule has 0 amide bonds. The molecule has 0 bridgehead atoms. The minimum Gasteiger partial charge on any atom is -0.486 e. The van der Waals surface area contributed by atoms with Gasteiger partial charge in [0.1, 0.15) is 12.4 Å². The number of halogens is 1. The molecule has 0 unspecified atom stereocenters. The van der Waals surface area contributed by atoms with Gasteiger partial charge in [0.05, 0.1) is 10.2 Å². The molecule has 0 spiro atoms. The highest BCUT2D eigenvalue weighted by Crippen LogP contribution is 2.26. The molecule has 1 heterocycles. The molecule has 4 nitrogen and oxygen atoms in total. The summed E-state index contributed by atoms with van der Waals surface area (Å²) in [7, 11) is 0. The van der Waals surface area contributed by atoms with Crippen LogP contribution in [0.2, 0.25) is 0 Å². The third-order valence-corrected chi connectivity index (χ3v) is 3.76. The summed E-state index contributed by atoms with van der Waals surface area (Å²) < 4.78 is 8.74. The van der Waals surface area contributed by atoms with Gasteiger partial charge in [-0.15, -0.1) is 0 Å². The van der Waals surface area contributed by atoms with Gasteiger partial charge in [0.25, 0.3) is 0 Å². The van der Waals surface area contributed by atoms with E-state index in [1.165, 1.54) is 5.56 Å². The number of hydrogen-bond acceptors (Lipinski definition) is 3. The first-order valence-electron chi connectivity index (χ1n) is 7.26. The molecule has 21 heavy (non-hydrogen) atoms. The molecule has 0 aliphatic rings. The Kier molecular flexibility index (Phi) is 5.82. The van der Waals surface area contributed by atoms with Crippen molar-refractivity contribution in [1.29, 1.82) is 0 Å². The summed E-state index contributed by atoms with van der Waals surface area (Å²) in [6, 6.07) is 8.53. The van der Waals surface area contributed by atoms with Crippen molar-refractivity contribution < 1.29 is 4.74 Å². The van der Waals surface area contributed by atoms with Gasteiger partial charge in [0.15, 0.2) is 0 Å². The average Bonchev–Trinajstić information content (AvgIpc) is 2.93. The van der Waals surface area contributed by atoms with Crippen LogP contribution in [0.5, 0.6) is 5.75 Å². The fraction of sp³-hybridized carbons (Fsp3) is 0.438. The van der Waals surface area contributed by atoms with Gasteiger partial charge in [-0.25, -0.2) is 0 Å². The summed E-state index contributed by atoms with van der Waals surface area (Å²) in [5.41, 5.74) is 2.17. The number of hydrogen-bond donors (Lipinski definition) is 1. The van der Waals surface area contributed by atoms with Crippen LogP contribution in [0.15, 0.2) is 34.9 Å². The number of rotatable bonds is 7. The van der Waals surface area contributed by atoms with Crippen LogP contribution in [0.3, 0.4) is 0 Å². The lowest BCUT2D eigenvalue weighted by Gasteiger charge is -2.09.